The molecule has 0 fully saturated rings. The quantitative estimate of drug-likeness (QED) is 0.457. The molecule has 112 valence electrons. The third-order valence-corrected chi connectivity index (χ3v) is 6.58. The fraction of sp³-hybridized carbons (Fsp3) is 0.412. The van der Waals surface area contributed by atoms with Crippen molar-refractivity contribution in [2.24, 2.45) is 0 Å². The van der Waals surface area contributed by atoms with Gasteiger partial charge in [0.1, 0.15) is 5.75 Å². The molecule has 1 nitrogen and oxygen atoms in total. The second-order valence-corrected chi connectivity index (χ2v) is 7.87. The maximum Gasteiger partial charge on any atom is 0.120 e. The molecule has 1 aromatic carbocycles. The average Bonchev–Trinajstić information content (AvgIpc) is 2.77. The van der Waals surface area contributed by atoms with Gasteiger partial charge in [-0.05, 0) is 55.0 Å². The van der Waals surface area contributed by atoms with Gasteiger partial charge in [-0.2, -0.15) is 0 Å². The molecule has 2 aromatic rings. The molecule has 0 saturated carbocycles. The van der Waals surface area contributed by atoms with Gasteiger partial charge in [0.25, 0.3) is 0 Å². The number of ether oxygens (including phenoxy) is 1. The van der Waals surface area contributed by atoms with Crippen molar-refractivity contribution in [3.05, 3.63) is 49.6 Å². The van der Waals surface area contributed by atoms with Crippen LogP contribution in [0.1, 0.15) is 45.5 Å². The SMILES string of the molecule is COc1ccc(C(Cl)c2cc3c(s2)CCCCC3)c(Br)c1. The Labute approximate surface area is 143 Å². The minimum absolute atomic E-state index is 0.0952. The van der Waals surface area contributed by atoms with Crippen LogP contribution in [0.2, 0.25) is 0 Å². The van der Waals surface area contributed by atoms with Crippen LogP contribution in [-0.2, 0) is 12.8 Å². The van der Waals surface area contributed by atoms with E-state index in [0.29, 0.717) is 0 Å². The van der Waals surface area contributed by atoms with E-state index in [1.54, 1.807) is 7.11 Å². The molecule has 21 heavy (non-hydrogen) atoms. The maximum absolute atomic E-state index is 6.73. The monoisotopic (exact) mass is 384 g/mol. The molecular formula is C17H18BrClOS. The lowest BCUT2D eigenvalue weighted by Crippen LogP contribution is -1.93. The van der Waals surface area contributed by atoms with Crippen LogP contribution < -0.4 is 4.74 Å². The van der Waals surface area contributed by atoms with Crippen LogP contribution in [0.15, 0.2) is 28.7 Å². The Balaban J connectivity index is 1.90. The van der Waals surface area contributed by atoms with Gasteiger partial charge in [0.15, 0.2) is 0 Å². The van der Waals surface area contributed by atoms with Gasteiger partial charge in [-0.1, -0.05) is 28.4 Å². The summed E-state index contributed by atoms with van der Waals surface area (Å²) in [6.45, 7) is 0. The average molecular weight is 386 g/mol. The molecule has 0 amide bonds. The molecule has 1 heterocycles. The lowest BCUT2D eigenvalue weighted by atomic mass is 10.1. The Morgan fingerprint density at radius 3 is 2.76 bits per heavy atom. The van der Waals surface area contributed by atoms with Crippen LogP contribution in [0.25, 0.3) is 0 Å². The summed E-state index contributed by atoms with van der Waals surface area (Å²) in [7, 11) is 1.68. The summed E-state index contributed by atoms with van der Waals surface area (Å²) in [6, 6.07) is 8.31. The first-order valence-electron chi connectivity index (χ1n) is 7.28. The number of methoxy groups -OCH3 is 1. The first-order valence-corrected chi connectivity index (χ1v) is 9.32. The number of fused-ring (bicyclic) bond motifs is 1. The van der Waals surface area contributed by atoms with Crippen molar-refractivity contribution in [3.8, 4) is 5.75 Å². The molecule has 0 spiro atoms. The van der Waals surface area contributed by atoms with Crippen molar-refractivity contribution in [3.63, 3.8) is 0 Å². The minimum Gasteiger partial charge on any atom is -0.497 e. The van der Waals surface area contributed by atoms with Crippen LogP contribution in [0.3, 0.4) is 0 Å². The van der Waals surface area contributed by atoms with E-state index < -0.39 is 0 Å². The van der Waals surface area contributed by atoms with E-state index in [9.17, 15) is 0 Å². The molecular weight excluding hydrogens is 368 g/mol. The Bertz CT molecular complexity index is 614. The van der Waals surface area contributed by atoms with E-state index in [1.165, 1.54) is 47.4 Å². The van der Waals surface area contributed by atoms with Gasteiger partial charge in [-0.15, -0.1) is 22.9 Å². The lowest BCUT2D eigenvalue weighted by molar-refractivity contribution is 0.414. The lowest BCUT2D eigenvalue weighted by Gasteiger charge is -2.11. The number of alkyl halides is 1. The van der Waals surface area contributed by atoms with Crippen molar-refractivity contribution in [2.45, 2.75) is 37.5 Å². The van der Waals surface area contributed by atoms with Crippen molar-refractivity contribution in [1.29, 1.82) is 0 Å². The Hall–Kier alpha value is -0.510. The van der Waals surface area contributed by atoms with Crippen molar-refractivity contribution >= 4 is 38.9 Å². The summed E-state index contributed by atoms with van der Waals surface area (Å²) >= 11 is 12.2. The zero-order valence-electron chi connectivity index (χ0n) is 12.0. The summed E-state index contributed by atoms with van der Waals surface area (Å²) in [5, 5.41) is -0.0952. The summed E-state index contributed by atoms with van der Waals surface area (Å²) in [5.41, 5.74) is 2.62. The topological polar surface area (TPSA) is 9.23 Å². The van der Waals surface area contributed by atoms with Crippen LogP contribution in [-0.4, -0.2) is 7.11 Å². The van der Waals surface area contributed by atoms with Crippen LogP contribution in [0.5, 0.6) is 5.75 Å². The van der Waals surface area contributed by atoms with Crippen LogP contribution in [0, 0.1) is 0 Å². The van der Waals surface area contributed by atoms with E-state index in [-0.39, 0.29) is 5.38 Å². The molecule has 0 N–H and O–H groups in total. The molecule has 1 aliphatic rings. The van der Waals surface area contributed by atoms with Crippen LogP contribution >= 0.6 is 38.9 Å². The van der Waals surface area contributed by atoms with Gasteiger partial charge in [0, 0.05) is 14.2 Å². The Morgan fingerprint density at radius 1 is 1.19 bits per heavy atom. The highest BCUT2D eigenvalue weighted by Crippen LogP contribution is 2.41. The van der Waals surface area contributed by atoms with Crippen molar-refractivity contribution < 1.29 is 4.74 Å². The van der Waals surface area contributed by atoms with E-state index in [4.69, 9.17) is 16.3 Å². The number of thiophene rings is 1. The summed E-state index contributed by atoms with van der Waals surface area (Å²) < 4.78 is 6.25. The second-order valence-electron chi connectivity index (χ2n) is 5.41. The van der Waals surface area contributed by atoms with Gasteiger partial charge in [-0.3, -0.25) is 0 Å². The molecule has 0 aliphatic heterocycles. The first kappa shape index (κ1) is 15.4. The third kappa shape index (κ3) is 3.30. The zero-order valence-corrected chi connectivity index (χ0v) is 15.2. The number of halogens is 2. The fourth-order valence-electron chi connectivity index (χ4n) is 2.81. The van der Waals surface area contributed by atoms with Gasteiger partial charge < -0.3 is 4.74 Å². The van der Waals surface area contributed by atoms with E-state index in [2.05, 4.69) is 22.0 Å². The van der Waals surface area contributed by atoms with Crippen molar-refractivity contribution in [1.82, 2.24) is 0 Å². The predicted molar refractivity (Wildman–Crippen MR) is 94.0 cm³/mol. The highest BCUT2D eigenvalue weighted by Gasteiger charge is 2.20. The van der Waals surface area contributed by atoms with Crippen molar-refractivity contribution in [2.75, 3.05) is 7.11 Å². The zero-order chi connectivity index (χ0) is 14.8. The molecule has 4 heteroatoms. The summed E-state index contributed by atoms with van der Waals surface area (Å²) in [5.74, 6) is 0.844. The van der Waals surface area contributed by atoms with Crippen LogP contribution in [0.4, 0.5) is 0 Å². The van der Waals surface area contributed by atoms with E-state index in [0.717, 1.165) is 15.8 Å². The van der Waals surface area contributed by atoms with Gasteiger partial charge in [0.05, 0.1) is 12.5 Å². The summed E-state index contributed by atoms with van der Waals surface area (Å²) in [4.78, 5) is 2.80. The molecule has 1 atom stereocenters. The third-order valence-electron chi connectivity index (χ3n) is 4.00. The number of benzene rings is 1. The van der Waals surface area contributed by atoms with E-state index in [1.807, 2.05) is 29.5 Å². The molecule has 1 aliphatic carbocycles. The Kier molecular flexibility index (Phi) is 4.92. The smallest absolute Gasteiger partial charge is 0.120 e. The highest BCUT2D eigenvalue weighted by molar-refractivity contribution is 9.10. The fourth-order valence-corrected chi connectivity index (χ4v) is 5.17. The summed E-state index contributed by atoms with van der Waals surface area (Å²) in [6.07, 6.45) is 6.40. The number of hydrogen-bond donors (Lipinski definition) is 0. The predicted octanol–water partition coefficient (Wildman–Crippen LogP) is 6.12. The first-order chi connectivity index (χ1) is 10.2. The molecule has 0 saturated heterocycles. The Morgan fingerprint density at radius 2 is 2.00 bits per heavy atom. The molecule has 0 radical (unpaired) electrons. The largest absolute Gasteiger partial charge is 0.497 e. The standard InChI is InChI=1S/C17H18BrClOS/c1-20-12-7-8-13(14(18)10-12)17(19)16-9-11-5-3-2-4-6-15(11)21-16/h7-10,17H,2-6H2,1H3. The highest BCUT2D eigenvalue weighted by atomic mass is 79.9. The number of rotatable bonds is 3. The normalized spacial score (nSPS) is 16.1. The molecule has 1 unspecified atom stereocenters. The van der Waals surface area contributed by atoms with Gasteiger partial charge in [-0.25, -0.2) is 0 Å². The van der Waals surface area contributed by atoms with E-state index >= 15 is 0 Å². The molecule has 1 aromatic heterocycles. The maximum atomic E-state index is 6.73. The van der Waals surface area contributed by atoms with Gasteiger partial charge >= 0.3 is 0 Å². The molecule has 3 rings (SSSR count). The van der Waals surface area contributed by atoms with Gasteiger partial charge in [0.2, 0.25) is 0 Å². The minimum atomic E-state index is -0.0952. The number of hydrogen-bond acceptors (Lipinski definition) is 2. The molecule has 0 bridgehead atoms. The second kappa shape index (κ2) is 6.72. The number of aryl methyl sites for hydroxylation is 2.